The van der Waals surface area contributed by atoms with Crippen LogP contribution >= 0.6 is 11.3 Å². The molecule has 29 heavy (non-hydrogen) atoms. The van der Waals surface area contributed by atoms with Crippen molar-refractivity contribution >= 4 is 39.5 Å². The zero-order valence-corrected chi connectivity index (χ0v) is 17.2. The minimum atomic E-state index is -0.650. The van der Waals surface area contributed by atoms with Crippen LogP contribution in [-0.4, -0.2) is 66.5 Å². The number of aliphatic imine (C=N–C) groups is 1. The van der Waals surface area contributed by atoms with Gasteiger partial charge in [0.15, 0.2) is 0 Å². The fraction of sp³-hybridized carbons (Fsp3) is 0.429. The lowest BCUT2D eigenvalue weighted by molar-refractivity contribution is -0.144. The lowest BCUT2D eigenvalue weighted by atomic mass is 10.1. The monoisotopic (exact) mass is 412 g/mol. The van der Waals surface area contributed by atoms with Crippen molar-refractivity contribution in [3.63, 3.8) is 0 Å². The van der Waals surface area contributed by atoms with Crippen LogP contribution in [0.25, 0.3) is 0 Å². The third-order valence-electron chi connectivity index (χ3n) is 6.08. The van der Waals surface area contributed by atoms with Crippen molar-refractivity contribution < 1.29 is 14.6 Å². The number of methoxy groups -OCH3 is 1. The lowest BCUT2D eigenvalue weighted by Gasteiger charge is -2.37. The zero-order chi connectivity index (χ0) is 20.0. The maximum absolute atomic E-state index is 11.5. The Hall–Kier alpha value is -2.58. The summed E-state index contributed by atoms with van der Waals surface area (Å²) in [5.74, 6) is 1.10. The summed E-state index contributed by atoms with van der Waals surface area (Å²) in [6.45, 7) is 3.96. The molecule has 8 heteroatoms. The van der Waals surface area contributed by atoms with Crippen molar-refractivity contribution in [3.05, 3.63) is 35.2 Å². The molecule has 0 radical (unpaired) electrons. The van der Waals surface area contributed by atoms with Gasteiger partial charge >= 0.3 is 5.97 Å². The molecule has 2 aliphatic heterocycles. The molecule has 0 unspecified atom stereocenters. The van der Waals surface area contributed by atoms with Crippen LogP contribution in [0.15, 0.2) is 34.6 Å². The molecule has 3 aliphatic rings. The first-order valence-corrected chi connectivity index (χ1v) is 10.8. The number of benzene rings is 1. The third kappa shape index (κ3) is 3.26. The number of nitrogens with zero attached hydrogens (tertiary/aromatic N) is 3. The summed E-state index contributed by atoms with van der Waals surface area (Å²) < 4.78 is 5.64. The van der Waals surface area contributed by atoms with E-state index in [0.29, 0.717) is 6.54 Å². The van der Waals surface area contributed by atoms with Crippen LogP contribution in [0.2, 0.25) is 0 Å². The van der Waals surface area contributed by atoms with Gasteiger partial charge in [0, 0.05) is 38.1 Å². The number of nitrogens with one attached hydrogen (secondary N) is 1. The van der Waals surface area contributed by atoms with Crippen molar-refractivity contribution in [1.29, 1.82) is 0 Å². The van der Waals surface area contributed by atoms with Gasteiger partial charge in [0.05, 0.1) is 29.5 Å². The van der Waals surface area contributed by atoms with Crippen molar-refractivity contribution in [2.75, 3.05) is 45.2 Å². The van der Waals surface area contributed by atoms with Gasteiger partial charge in [-0.3, -0.25) is 9.69 Å². The molecule has 0 amide bonds. The molecule has 3 heterocycles. The number of para-hydroxylation sites is 2. The van der Waals surface area contributed by atoms with E-state index < -0.39 is 11.4 Å². The van der Waals surface area contributed by atoms with E-state index in [-0.39, 0.29) is 0 Å². The molecule has 7 nitrogen and oxygen atoms in total. The Kier molecular flexibility index (Phi) is 4.48. The number of hydrogen-bond donors (Lipinski definition) is 2. The van der Waals surface area contributed by atoms with Gasteiger partial charge in [0.2, 0.25) is 0 Å². The molecule has 1 aliphatic carbocycles. The smallest absolute Gasteiger partial charge is 0.310 e. The first-order valence-electron chi connectivity index (χ1n) is 9.91. The number of carboxylic acids is 1. The van der Waals surface area contributed by atoms with Crippen LogP contribution in [0.4, 0.5) is 16.4 Å². The molecule has 1 aromatic heterocycles. The summed E-state index contributed by atoms with van der Waals surface area (Å²) in [6, 6.07) is 8.06. The number of fused-ring (bicyclic) bond motifs is 2. The van der Waals surface area contributed by atoms with Gasteiger partial charge in [-0.05, 0) is 25.0 Å². The first-order chi connectivity index (χ1) is 14.1. The van der Waals surface area contributed by atoms with Crippen LogP contribution < -0.4 is 10.1 Å². The molecule has 2 N–H and O–H groups in total. The molecule has 152 valence electrons. The Morgan fingerprint density at radius 2 is 2.03 bits per heavy atom. The zero-order valence-electron chi connectivity index (χ0n) is 16.4. The number of rotatable bonds is 4. The number of ether oxygens (including phenoxy) is 1. The van der Waals surface area contributed by atoms with E-state index >= 15 is 0 Å². The summed E-state index contributed by atoms with van der Waals surface area (Å²) in [5.41, 5.74) is 2.41. The SMILES string of the molecule is COc1csc2c1C(N1CCN(CC3(C(=O)O)CC3)CC1)=Nc1ccccc1N2. The predicted molar refractivity (Wildman–Crippen MR) is 114 cm³/mol. The number of piperazine rings is 1. The molecule has 0 spiro atoms. The second kappa shape index (κ2) is 7.03. The molecule has 1 aromatic carbocycles. The van der Waals surface area contributed by atoms with Gasteiger partial charge in [-0.2, -0.15) is 0 Å². The molecule has 5 rings (SSSR count). The Bertz CT molecular complexity index is 974. The predicted octanol–water partition coefficient (Wildman–Crippen LogP) is 3.37. The molecule has 0 bridgehead atoms. The average Bonchev–Trinajstić information content (AvgIpc) is 3.45. The topological polar surface area (TPSA) is 77.4 Å². The van der Waals surface area contributed by atoms with Gasteiger partial charge in [0.1, 0.15) is 16.6 Å². The van der Waals surface area contributed by atoms with Crippen LogP contribution in [0, 0.1) is 5.41 Å². The highest BCUT2D eigenvalue weighted by atomic mass is 32.1. The Labute approximate surface area is 173 Å². The van der Waals surface area contributed by atoms with Gasteiger partial charge in [-0.15, -0.1) is 11.3 Å². The van der Waals surface area contributed by atoms with E-state index in [9.17, 15) is 9.90 Å². The third-order valence-corrected chi connectivity index (χ3v) is 6.96. The van der Waals surface area contributed by atoms with E-state index in [0.717, 1.165) is 72.5 Å². The molecular weight excluding hydrogens is 388 g/mol. The molecule has 1 saturated heterocycles. The largest absolute Gasteiger partial charge is 0.495 e. The highest BCUT2D eigenvalue weighted by Gasteiger charge is 2.51. The highest BCUT2D eigenvalue weighted by molar-refractivity contribution is 7.15. The fourth-order valence-corrected chi connectivity index (χ4v) is 5.05. The number of carboxylic acid groups (broad SMARTS) is 1. The molecule has 1 saturated carbocycles. The summed E-state index contributed by atoms with van der Waals surface area (Å²) in [7, 11) is 1.69. The Balaban J connectivity index is 1.41. The summed E-state index contributed by atoms with van der Waals surface area (Å²) in [6.07, 6.45) is 1.60. The number of hydrogen-bond acceptors (Lipinski definition) is 7. The average molecular weight is 413 g/mol. The summed E-state index contributed by atoms with van der Waals surface area (Å²) in [5, 5.41) is 16.0. The Morgan fingerprint density at radius 1 is 1.28 bits per heavy atom. The van der Waals surface area contributed by atoms with Gasteiger partial charge in [-0.1, -0.05) is 12.1 Å². The van der Waals surface area contributed by atoms with Gasteiger partial charge < -0.3 is 20.1 Å². The van der Waals surface area contributed by atoms with Crippen molar-refractivity contribution in [3.8, 4) is 5.75 Å². The van der Waals surface area contributed by atoms with Crippen LogP contribution in [0.1, 0.15) is 18.4 Å². The summed E-state index contributed by atoms with van der Waals surface area (Å²) >= 11 is 1.62. The second-order valence-electron chi connectivity index (χ2n) is 7.93. The summed E-state index contributed by atoms with van der Waals surface area (Å²) in [4.78, 5) is 21.1. The molecule has 0 atom stereocenters. The maximum atomic E-state index is 11.5. The van der Waals surface area contributed by atoms with E-state index in [4.69, 9.17) is 9.73 Å². The normalized spacial score (nSPS) is 20.0. The van der Waals surface area contributed by atoms with Gasteiger partial charge in [0.25, 0.3) is 0 Å². The number of amidine groups is 1. The lowest BCUT2D eigenvalue weighted by Crippen LogP contribution is -2.50. The number of aliphatic carboxylic acids is 1. The minimum Gasteiger partial charge on any atom is -0.495 e. The molecular formula is C21H24N4O3S. The van der Waals surface area contributed by atoms with E-state index in [1.54, 1.807) is 18.4 Å². The number of carbonyl (C=O) groups is 1. The van der Waals surface area contributed by atoms with Crippen LogP contribution in [0.5, 0.6) is 5.75 Å². The molecule has 2 aromatic rings. The van der Waals surface area contributed by atoms with Crippen LogP contribution in [-0.2, 0) is 4.79 Å². The standard InChI is InChI=1S/C21H24N4O3S/c1-28-16-12-29-19-17(16)18(22-14-4-2-3-5-15(14)23-19)25-10-8-24(9-11-25)13-21(6-7-21)20(26)27/h2-5,12,23H,6-11,13H2,1H3,(H,26,27). The number of thiophene rings is 1. The number of anilines is 2. The Morgan fingerprint density at radius 3 is 2.72 bits per heavy atom. The van der Waals surface area contributed by atoms with Crippen molar-refractivity contribution in [2.24, 2.45) is 10.4 Å². The first kappa shape index (κ1) is 18.4. The molecule has 2 fully saturated rings. The maximum Gasteiger partial charge on any atom is 0.310 e. The van der Waals surface area contributed by atoms with E-state index in [1.165, 1.54) is 0 Å². The van der Waals surface area contributed by atoms with E-state index in [2.05, 4.69) is 15.1 Å². The quantitative estimate of drug-likeness (QED) is 0.802. The van der Waals surface area contributed by atoms with Gasteiger partial charge in [-0.25, -0.2) is 4.99 Å². The van der Waals surface area contributed by atoms with Crippen molar-refractivity contribution in [2.45, 2.75) is 12.8 Å². The minimum absolute atomic E-state index is 0.505. The van der Waals surface area contributed by atoms with E-state index in [1.807, 2.05) is 29.6 Å². The highest BCUT2D eigenvalue weighted by Crippen LogP contribution is 2.47. The second-order valence-corrected chi connectivity index (χ2v) is 8.81. The fourth-order valence-electron chi connectivity index (χ4n) is 4.13. The van der Waals surface area contributed by atoms with Crippen LogP contribution in [0.3, 0.4) is 0 Å². The van der Waals surface area contributed by atoms with Crippen molar-refractivity contribution in [1.82, 2.24) is 9.80 Å².